The van der Waals surface area contributed by atoms with Crippen LogP contribution >= 0.6 is 35.4 Å². The number of nitrogens with one attached hydrogen (secondary N) is 2. The lowest BCUT2D eigenvalue weighted by atomic mass is 10.0. The van der Waals surface area contributed by atoms with E-state index in [1.807, 2.05) is 36.4 Å². The third-order valence-corrected chi connectivity index (χ3v) is 4.30. The summed E-state index contributed by atoms with van der Waals surface area (Å²) in [5.41, 5.74) is 1.01. The SMILES string of the molecule is O=C(NC(=S)Nc1c(Cl)cccc1Cl)c1cccc2ccccc12. The van der Waals surface area contributed by atoms with Crippen LogP contribution in [0.25, 0.3) is 10.8 Å². The lowest BCUT2D eigenvalue weighted by Crippen LogP contribution is -2.34. The quantitative estimate of drug-likeness (QED) is 0.600. The van der Waals surface area contributed by atoms with Crippen molar-refractivity contribution in [3.8, 4) is 0 Å². The van der Waals surface area contributed by atoms with E-state index >= 15 is 0 Å². The minimum absolute atomic E-state index is 0.128. The number of fused-ring (bicyclic) bond motifs is 1. The Morgan fingerprint density at radius 3 is 2.25 bits per heavy atom. The summed E-state index contributed by atoms with van der Waals surface area (Å²) >= 11 is 17.4. The van der Waals surface area contributed by atoms with E-state index in [-0.39, 0.29) is 11.0 Å². The number of para-hydroxylation sites is 1. The summed E-state index contributed by atoms with van der Waals surface area (Å²) in [4.78, 5) is 12.5. The molecule has 3 rings (SSSR count). The number of thiocarbonyl (C=S) groups is 1. The van der Waals surface area contributed by atoms with Crippen LogP contribution < -0.4 is 10.6 Å². The number of carbonyl (C=O) groups is 1. The first-order valence-corrected chi connectivity index (χ1v) is 8.27. The van der Waals surface area contributed by atoms with E-state index in [1.54, 1.807) is 24.3 Å². The number of hydrogen-bond donors (Lipinski definition) is 2. The van der Waals surface area contributed by atoms with Gasteiger partial charge in [0.05, 0.1) is 15.7 Å². The van der Waals surface area contributed by atoms with Crippen LogP contribution in [0.3, 0.4) is 0 Å². The van der Waals surface area contributed by atoms with E-state index in [1.165, 1.54) is 0 Å². The number of carbonyl (C=O) groups excluding carboxylic acids is 1. The summed E-state index contributed by atoms with van der Waals surface area (Å²) in [5, 5.41) is 8.33. The Kier molecular flexibility index (Phi) is 5.00. The van der Waals surface area contributed by atoms with Gasteiger partial charge in [-0.05, 0) is 41.2 Å². The van der Waals surface area contributed by atoms with Gasteiger partial charge in [0.25, 0.3) is 5.91 Å². The van der Waals surface area contributed by atoms with Crippen LogP contribution in [0.4, 0.5) is 5.69 Å². The Balaban J connectivity index is 1.80. The summed E-state index contributed by atoms with van der Waals surface area (Å²) in [6.07, 6.45) is 0. The van der Waals surface area contributed by atoms with E-state index in [2.05, 4.69) is 10.6 Å². The second kappa shape index (κ2) is 7.18. The zero-order valence-electron chi connectivity index (χ0n) is 12.3. The minimum Gasteiger partial charge on any atom is -0.330 e. The van der Waals surface area contributed by atoms with Gasteiger partial charge < -0.3 is 5.32 Å². The Labute approximate surface area is 154 Å². The molecule has 24 heavy (non-hydrogen) atoms. The molecule has 6 heteroatoms. The summed E-state index contributed by atoms with van der Waals surface area (Å²) in [6, 6.07) is 18.3. The minimum atomic E-state index is -0.299. The molecule has 3 nitrogen and oxygen atoms in total. The van der Waals surface area contributed by atoms with Crippen LogP contribution in [0.2, 0.25) is 10.0 Å². The van der Waals surface area contributed by atoms with Gasteiger partial charge in [0.15, 0.2) is 5.11 Å². The van der Waals surface area contributed by atoms with Crippen molar-refractivity contribution in [2.24, 2.45) is 0 Å². The lowest BCUT2D eigenvalue weighted by molar-refractivity contribution is 0.0979. The van der Waals surface area contributed by atoms with E-state index < -0.39 is 0 Å². The average molecular weight is 375 g/mol. The fourth-order valence-corrected chi connectivity index (χ4v) is 3.04. The predicted molar refractivity (Wildman–Crippen MR) is 104 cm³/mol. The van der Waals surface area contributed by atoms with Crippen molar-refractivity contribution < 1.29 is 4.79 Å². The van der Waals surface area contributed by atoms with E-state index in [9.17, 15) is 4.79 Å². The summed E-state index contributed by atoms with van der Waals surface area (Å²) in [5.74, 6) is -0.299. The monoisotopic (exact) mass is 374 g/mol. The summed E-state index contributed by atoms with van der Waals surface area (Å²) in [6.45, 7) is 0. The van der Waals surface area contributed by atoms with E-state index in [0.29, 0.717) is 21.3 Å². The standard InChI is InChI=1S/C18H12Cl2N2OS/c19-14-9-4-10-15(20)16(14)21-18(24)22-17(23)13-8-3-6-11-5-1-2-7-12(11)13/h1-10H,(H2,21,22,23,24). The summed E-state index contributed by atoms with van der Waals surface area (Å²) < 4.78 is 0. The highest BCUT2D eigenvalue weighted by atomic mass is 35.5. The molecule has 0 aliphatic carbocycles. The highest BCUT2D eigenvalue weighted by molar-refractivity contribution is 7.80. The van der Waals surface area contributed by atoms with Gasteiger partial charge in [-0.3, -0.25) is 10.1 Å². The Morgan fingerprint density at radius 2 is 1.50 bits per heavy atom. The van der Waals surface area contributed by atoms with Gasteiger partial charge in [0.2, 0.25) is 0 Å². The highest BCUT2D eigenvalue weighted by Gasteiger charge is 2.13. The maximum Gasteiger partial charge on any atom is 0.258 e. The van der Waals surface area contributed by atoms with Gasteiger partial charge in [-0.1, -0.05) is 65.7 Å². The molecule has 0 radical (unpaired) electrons. The Morgan fingerprint density at radius 1 is 0.875 bits per heavy atom. The molecule has 0 bridgehead atoms. The van der Waals surface area contributed by atoms with Crippen molar-refractivity contribution in [1.82, 2.24) is 5.32 Å². The molecule has 0 aliphatic rings. The number of amides is 1. The van der Waals surface area contributed by atoms with Crippen molar-refractivity contribution in [3.05, 3.63) is 76.3 Å². The fourth-order valence-electron chi connectivity index (χ4n) is 2.36. The first kappa shape index (κ1) is 16.7. The largest absolute Gasteiger partial charge is 0.330 e. The van der Waals surface area contributed by atoms with Crippen molar-refractivity contribution in [3.63, 3.8) is 0 Å². The number of halogens is 2. The molecule has 1 amide bonds. The number of hydrogen-bond acceptors (Lipinski definition) is 2. The topological polar surface area (TPSA) is 41.1 Å². The Hall–Kier alpha value is -2.14. The molecule has 2 N–H and O–H groups in total. The normalized spacial score (nSPS) is 10.4. The fraction of sp³-hybridized carbons (Fsp3) is 0. The molecule has 0 heterocycles. The predicted octanol–water partition coefficient (Wildman–Crippen LogP) is 5.27. The van der Waals surface area contributed by atoms with Crippen molar-refractivity contribution in [2.45, 2.75) is 0 Å². The molecule has 0 fully saturated rings. The van der Waals surface area contributed by atoms with E-state index in [4.69, 9.17) is 35.4 Å². The molecule has 3 aromatic carbocycles. The maximum atomic E-state index is 12.5. The third-order valence-electron chi connectivity index (χ3n) is 3.46. The molecule has 3 aromatic rings. The average Bonchev–Trinajstić information content (AvgIpc) is 2.57. The smallest absolute Gasteiger partial charge is 0.258 e. The Bertz CT molecular complexity index is 918. The van der Waals surface area contributed by atoms with Crippen LogP contribution in [0.1, 0.15) is 10.4 Å². The molecular weight excluding hydrogens is 363 g/mol. The molecule has 0 saturated heterocycles. The molecule has 0 saturated carbocycles. The lowest BCUT2D eigenvalue weighted by Gasteiger charge is -2.13. The first-order valence-electron chi connectivity index (χ1n) is 7.10. The van der Waals surface area contributed by atoms with Crippen molar-refractivity contribution in [1.29, 1.82) is 0 Å². The highest BCUT2D eigenvalue weighted by Crippen LogP contribution is 2.29. The molecule has 0 aromatic heterocycles. The molecule has 120 valence electrons. The second-order valence-electron chi connectivity index (χ2n) is 5.03. The van der Waals surface area contributed by atoms with Crippen LogP contribution in [0.15, 0.2) is 60.7 Å². The second-order valence-corrected chi connectivity index (χ2v) is 6.25. The van der Waals surface area contributed by atoms with Crippen LogP contribution in [0, 0.1) is 0 Å². The zero-order valence-corrected chi connectivity index (χ0v) is 14.7. The number of rotatable bonds is 2. The van der Waals surface area contributed by atoms with E-state index in [0.717, 1.165) is 10.8 Å². The molecule has 0 aliphatic heterocycles. The first-order chi connectivity index (χ1) is 11.6. The van der Waals surface area contributed by atoms with Gasteiger partial charge >= 0.3 is 0 Å². The third kappa shape index (κ3) is 3.51. The van der Waals surface area contributed by atoms with Gasteiger partial charge in [0, 0.05) is 5.56 Å². The van der Waals surface area contributed by atoms with Gasteiger partial charge in [-0.15, -0.1) is 0 Å². The molecule has 0 unspecified atom stereocenters. The molecular formula is C18H12Cl2N2OS. The van der Waals surface area contributed by atoms with Crippen LogP contribution in [-0.4, -0.2) is 11.0 Å². The molecule has 0 atom stereocenters. The van der Waals surface area contributed by atoms with Gasteiger partial charge in [0.1, 0.15) is 0 Å². The van der Waals surface area contributed by atoms with Gasteiger partial charge in [-0.25, -0.2) is 0 Å². The number of anilines is 1. The maximum absolute atomic E-state index is 12.5. The van der Waals surface area contributed by atoms with Crippen LogP contribution in [0.5, 0.6) is 0 Å². The molecule has 0 spiro atoms. The zero-order chi connectivity index (χ0) is 17.1. The van der Waals surface area contributed by atoms with Crippen molar-refractivity contribution in [2.75, 3.05) is 5.32 Å². The van der Waals surface area contributed by atoms with Gasteiger partial charge in [-0.2, -0.15) is 0 Å². The van der Waals surface area contributed by atoms with Crippen molar-refractivity contribution >= 4 is 62.9 Å². The summed E-state index contributed by atoms with van der Waals surface area (Å²) in [7, 11) is 0. The van der Waals surface area contributed by atoms with Crippen LogP contribution in [-0.2, 0) is 0 Å². The number of benzene rings is 3.